The van der Waals surface area contributed by atoms with Gasteiger partial charge in [0, 0.05) is 26.4 Å². The fourth-order valence-corrected chi connectivity index (χ4v) is 1.24. The molecule has 0 radical (unpaired) electrons. The second-order valence-corrected chi connectivity index (χ2v) is 3.39. The van der Waals surface area contributed by atoms with Gasteiger partial charge in [-0.3, -0.25) is 4.79 Å². The van der Waals surface area contributed by atoms with Gasteiger partial charge in [-0.25, -0.2) is 9.37 Å². The molecule has 0 aliphatic heterocycles. The number of aromatic nitrogens is 1. The third-order valence-corrected chi connectivity index (χ3v) is 2.20. The minimum absolute atomic E-state index is 0.316. The van der Waals surface area contributed by atoms with Crippen molar-refractivity contribution in [2.75, 3.05) is 26.8 Å². The van der Waals surface area contributed by atoms with Gasteiger partial charge in [-0.1, -0.05) is 0 Å². The maximum atomic E-state index is 13.3. The van der Waals surface area contributed by atoms with Crippen LogP contribution in [0.5, 0.6) is 0 Å². The van der Waals surface area contributed by atoms with E-state index in [1.165, 1.54) is 11.9 Å². The maximum absolute atomic E-state index is 13.3. The van der Waals surface area contributed by atoms with Crippen LogP contribution in [0.25, 0.3) is 0 Å². The highest BCUT2D eigenvalue weighted by atomic mass is 19.2. The van der Waals surface area contributed by atoms with Crippen molar-refractivity contribution < 1.29 is 18.3 Å². The van der Waals surface area contributed by atoms with Crippen LogP contribution in [0, 0.1) is 11.8 Å². The Labute approximate surface area is 98.2 Å². The van der Waals surface area contributed by atoms with Crippen LogP contribution in [-0.2, 0) is 4.74 Å². The number of halogens is 2. The number of likely N-dealkylation sites (N-methyl/N-ethyl adjacent to an activating group) is 1. The molecule has 0 aromatic carbocycles. The predicted octanol–water partition coefficient (Wildman–Crippen LogP) is 1.47. The molecule has 1 rings (SSSR count). The van der Waals surface area contributed by atoms with Crippen molar-refractivity contribution in [2.24, 2.45) is 0 Å². The number of rotatable bonds is 5. The van der Waals surface area contributed by atoms with E-state index in [-0.39, 0.29) is 5.56 Å². The lowest BCUT2D eigenvalue weighted by Crippen LogP contribution is -2.31. The van der Waals surface area contributed by atoms with Crippen LogP contribution < -0.4 is 0 Å². The van der Waals surface area contributed by atoms with Gasteiger partial charge in [-0.2, -0.15) is 4.39 Å². The maximum Gasteiger partial charge on any atom is 0.256 e. The minimum Gasteiger partial charge on any atom is -0.380 e. The van der Waals surface area contributed by atoms with Gasteiger partial charge in [-0.05, 0) is 13.0 Å². The average Bonchev–Trinajstić information content (AvgIpc) is 2.32. The number of carbonyl (C=O) groups is 1. The molecular formula is C11H14F2N2O2. The summed E-state index contributed by atoms with van der Waals surface area (Å²) >= 11 is 0. The largest absolute Gasteiger partial charge is 0.380 e. The lowest BCUT2D eigenvalue weighted by Gasteiger charge is -2.17. The number of hydrogen-bond donors (Lipinski definition) is 0. The van der Waals surface area contributed by atoms with Gasteiger partial charge in [0.25, 0.3) is 5.91 Å². The van der Waals surface area contributed by atoms with Gasteiger partial charge in [0.05, 0.1) is 12.2 Å². The molecule has 1 aromatic heterocycles. The normalized spacial score (nSPS) is 10.4. The Hall–Kier alpha value is -1.56. The van der Waals surface area contributed by atoms with Crippen LogP contribution in [-0.4, -0.2) is 42.6 Å². The molecule has 1 aromatic rings. The molecule has 0 saturated carbocycles. The summed E-state index contributed by atoms with van der Waals surface area (Å²) in [6, 6.07) is 1.15. The first kappa shape index (κ1) is 13.5. The van der Waals surface area contributed by atoms with Crippen LogP contribution >= 0.6 is 0 Å². The van der Waals surface area contributed by atoms with Crippen LogP contribution in [0.2, 0.25) is 0 Å². The summed E-state index contributed by atoms with van der Waals surface area (Å²) in [7, 11) is 1.50. The van der Waals surface area contributed by atoms with E-state index in [4.69, 9.17) is 4.74 Å². The first-order chi connectivity index (χ1) is 8.07. The third-order valence-electron chi connectivity index (χ3n) is 2.20. The predicted molar refractivity (Wildman–Crippen MR) is 57.6 cm³/mol. The first-order valence-electron chi connectivity index (χ1n) is 5.21. The summed E-state index contributed by atoms with van der Waals surface area (Å²) in [6.07, 6.45) is 1.06. The lowest BCUT2D eigenvalue weighted by molar-refractivity contribution is 0.0704. The van der Waals surface area contributed by atoms with Crippen LogP contribution in [0.3, 0.4) is 0 Å². The van der Waals surface area contributed by atoms with E-state index in [1.807, 2.05) is 6.92 Å². The minimum atomic E-state index is -1.27. The zero-order valence-electron chi connectivity index (χ0n) is 9.74. The van der Waals surface area contributed by atoms with Crippen molar-refractivity contribution in [3.63, 3.8) is 0 Å². The molecule has 0 saturated heterocycles. The van der Waals surface area contributed by atoms with E-state index in [1.54, 1.807) is 0 Å². The topological polar surface area (TPSA) is 42.4 Å². The molecule has 0 aliphatic carbocycles. The number of carbonyl (C=O) groups excluding carboxylic acids is 1. The lowest BCUT2D eigenvalue weighted by atomic mass is 10.2. The van der Waals surface area contributed by atoms with Crippen molar-refractivity contribution in [1.29, 1.82) is 0 Å². The summed E-state index contributed by atoms with van der Waals surface area (Å²) in [5.41, 5.74) is -0.323. The molecule has 1 amide bonds. The van der Waals surface area contributed by atoms with Crippen LogP contribution in [0.15, 0.2) is 12.3 Å². The average molecular weight is 244 g/mol. The van der Waals surface area contributed by atoms with E-state index >= 15 is 0 Å². The molecule has 17 heavy (non-hydrogen) atoms. The summed E-state index contributed by atoms with van der Waals surface area (Å²) < 4.78 is 31.2. The monoisotopic (exact) mass is 244 g/mol. The highest BCUT2D eigenvalue weighted by Gasteiger charge is 2.19. The molecule has 94 valence electrons. The highest BCUT2D eigenvalue weighted by molar-refractivity contribution is 5.94. The van der Waals surface area contributed by atoms with Crippen molar-refractivity contribution >= 4 is 5.91 Å². The number of nitrogens with zero attached hydrogens (tertiary/aromatic N) is 2. The van der Waals surface area contributed by atoms with Crippen molar-refractivity contribution in [3.05, 3.63) is 29.6 Å². The molecule has 0 atom stereocenters. The summed E-state index contributed by atoms with van der Waals surface area (Å²) in [5, 5.41) is 0. The number of hydrogen-bond acceptors (Lipinski definition) is 3. The van der Waals surface area contributed by atoms with E-state index in [0.29, 0.717) is 19.8 Å². The fourth-order valence-electron chi connectivity index (χ4n) is 1.24. The molecule has 0 spiro atoms. The molecule has 0 unspecified atom stereocenters. The zero-order valence-corrected chi connectivity index (χ0v) is 9.74. The number of amides is 1. The Balaban J connectivity index is 2.71. The Morgan fingerprint density at radius 1 is 1.53 bits per heavy atom. The summed E-state index contributed by atoms with van der Waals surface area (Å²) in [5.74, 6) is -3.08. The second kappa shape index (κ2) is 6.24. The third kappa shape index (κ3) is 3.45. The first-order valence-corrected chi connectivity index (χ1v) is 5.21. The Morgan fingerprint density at radius 3 is 2.88 bits per heavy atom. The molecule has 0 bridgehead atoms. The van der Waals surface area contributed by atoms with Crippen molar-refractivity contribution in [2.45, 2.75) is 6.92 Å². The van der Waals surface area contributed by atoms with Gasteiger partial charge in [0.1, 0.15) is 0 Å². The van der Waals surface area contributed by atoms with E-state index in [0.717, 1.165) is 12.3 Å². The summed E-state index contributed by atoms with van der Waals surface area (Å²) in [6.45, 7) is 3.05. The van der Waals surface area contributed by atoms with Gasteiger partial charge in [0.15, 0.2) is 5.82 Å². The second-order valence-electron chi connectivity index (χ2n) is 3.39. The molecule has 0 aliphatic rings. The van der Waals surface area contributed by atoms with Gasteiger partial charge in [0.2, 0.25) is 5.95 Å². The molecule has 1 heterocycles. The quantitative estimate of drug-likeness (QED) is 0.582. The molecule has 0 N–H and O–H groups in total. The van der Waals surface area contributed by atoms with Crippen LogP contribution in [0.1, 0.15) is 17.3 Å². The Morgan fingerprint density at radius 2 is 2.24 bits per heavy atom. The zero-order chi connectivity index (χ0) is 12.8. The molecule has 6 heteroatoms. The Kier molecular flexibility index (Phi) is 4.96. The fraction of sp³-hybridized carbons (Fsp3) is 0.455. The van der Waals surface area contributed by atoms with E-state index < -0.39 is 17.7 Å². The summed E-state index contributed by atoms with van der Waals surface area (Å²) in [4.78, 5) is 16.1. The smallest absolute Gasteiger partial charge is 0.256 e. The standard InChI is InChI=1S/C11H14F2N2O2/c1-3-17-7-6-15(2)11(16)8-4-5-14-10(13)9(8)12/h4-5H,3,6-7H2,1-2H3. The number of ether oxygens (including phenoxy) is 1. The SMILES string of the molecule is CCOCCN(C)C(=O)c1ccnc(F)c1F. The van der Waals surface area contributed by atoms with Gasteiger partial charge < -0.3 is 9.64 Å². The van der Waals surface area contributed by atoms with Crippen LogP contribution in [0.4, 0.5) is 8.78 Å². The number of pyridine rings is 1. The molecule has 0 fully saturated rings. The molecule has 4 nitrogen and oxygen atoms in total. The van der Waals surface area contributed by atoms with E-state index in [2.05, 4.69) is 4.98 Å². The van der Waals surface area contributed by atoms with Crippen molar-refractivity contribution in [3.8, 4) is 0 Å². The molecular weight excluding hydrogens is 230 g/mol. The van der Waals surface area contributed by atoms with E-state index in [9.17, 15) is 13.6 Å². The highest BCUT2D eigenvalue weighted by Crippen LogP contribution is 2.10. The van der Waals surface area contributed by atoms with Crippen molar-refractivity contribution in [1.82, 2.24) is 9.88 Å². The van der Waals surface area contributed by atoms with Gasteiger partial charge >= 0.3 is 0 Å². The van der Waals surface area contributed by atoms with Gasteiger partial charge in [-0.15, -0.1) is 0 Å². The Bertz CT molecular complexity index is 399.